The van der Waals surface area contributed by atoms with Crippen LogP contribution in [0.4, 0.5) is 0 Å². The molecule has 6 nitrogen and oxygen atoms in total. The molecular formula is C22H24N4O2S. The molecule has 0 radical (unpaired) electrons. The Morgan fingerprint density at radius 2 is 2.07 bits per heavy atom. The molecule has 7 heteroatoms. The van der Waals surface area contributed by atoms with E-state index in [1.165, 1.54) is 10.4 Å². The van der Waals surface area contributed by atoms with Crippen molar-refractivity contribution in [2.75, 3.05) is 19.6 Å². The molecule has 1 aromatic carbocycles. The third-order valence-electron chi connectivity index (χ3n) is 5.49. The minimum atomic E-state index is -0.615. The van der Waals surface area contributed by atoms with Gasteiger partial charge < -0.3 is 10.2 Å². The second-order valence-electron chi connectivity index (χ2n) is 7.44. The molecule has 0 bridgehead atoms. The SMILES string of the molecule is CCNC(=O)C1(Cc2ccc(-c3cccs3)cc2)CCN(C(=O)c2ccn[nH]2)C1. The molecule has 1 atom stereocenters. The van der Waals surface area contributed by atoms with Crippen molar-refractivity contribution in [1.29, 1.82) is 0 Å². The fraction of sp³-hybridized carbons (Fsp3) is 0.318. The van der Waals surface area contributed by atoms with E-state index in [1.54, 1.807) is 28.5 Å². The van der Waals surface area contributed by atoms with Crippen molar-refractivity contribution in [3.05, 3.63) is 65.3 Å². The first kappa shape index (κ1) is 19.4. The molecule has 0 aliphatic carbocycles. The number of rotatable bonds is 6. The number of aromatic nitrogens is 2. The molecule has 3 heterocycles. The minimum absolute atomic E-state index is 0.0160. The van der Waals surface area contributed by atoms with Gasteiger partial charge in [-0.05, 0) is 48.4 Å². The molecule has 0 spiro atoms. The van der Waals surface area contributed by atoms with Crippen LogP contribution in [0.2, 0.25) is 0 Å². The van der Waals surface area contributed by atoms with Gasteiger partial charge in [0.05, 0.1) is 5.41 Å². The number of nitrogens with one attached hydrogen (secondary N) is 2. The van der Waals surface area contributed by atoms with Gasteiger partial charge in [0, 0.05) is 30.7 Å². The zero-order chi connectivity index (χ0) is 20.3. The van der Waals surface area contributed by atoms with E-state index in [2.05, 4.69) is 51.2 Å². The van der Waals surface area contributed by atoms with Gasteiger partial charge in [-0.1, -0.05) is 30.3 Å². The lowest BCUT2D eigenvalue weighted by molar-refractivity contribution is -0.130. The molecule has 1 aliphatic heterocycles. The predicted octanol–water partition coefficient (Wildman–Crippen LogP) is 3.35. The topological polar surface area (TPSA) is 78.1 Å². The van der Waals surface area contributed by atoms with Crippen molar-refractivity contribution in [3.8, 4) is 10.4 Å². The zero-order valence-electron chi connectivity index (χ0n) is 16.4. The molecular weight excluding hydrogens is 384 g/mol. The van der Waals surface area contributed by atoms with Crippen molar-refractivity contribution in [2.45, 2.75) is 19.8 Å². The molecule has 2 N–H and O–H groups in total. The Morgan fingerprint density at radius 1 is 1.24 bits per heavy atom. The highest BCUT2D eigenvalue weighted by molar-refractivity contribution is 7.13. The summed E-state index contributed by atoms with van der Waals surface area (Å²) in [6.45, 7) is 3.46. The Bertz CT molecular complexity index is 967. The molecule has 0 saturated carbocycles. The molecule has 2 aromatic heterocycles. The average Bonchev–Trinajstić information content (AvgIpc) is 3.50. The van der Waals surface area contributed by atoms with Crippen LogP contribution in [0.3, 0.4) is 0 Å². The number of carbonyl (C=O) groups is 2. The van der Waals surface area contributed by atoms with Crippen molar-refractivity contribution in [3.63, 3.8) is 0 Å². The maximum Gasteiger partial charge on any atom is 0.271 e. The minimum Gasteiger partial charge on any atom is -0.356 e. The number of hydrogen-bond donors (Lipinski definition) is 2. The van der Waals surface area contributed by atoms with Gasteiger partial charge in [-0.2, -0.15) is 5.10 Å². The molecule has 4 rings (SSSR count). The van der Waals surface area contributed by atoms with Crippen LogP contribution in [0, 0.1) is 5.41 Å². The lowest BCUT2D eigenvalue weighted by Gasteiger charge is -2.28. The van der Waals surface area contributed by atoms with Crippen molar-refractivity contribution < 1.29 is 9.59 Å². The molecule has 3 aromatic rings. The van der Waals surface area contributed by atoms with Crippen LogP contribution in [0.25, 0.3) is 10.4 Å². The number of hydrogen-bond acceptors (Lipinski definition) is 4. The summed E-state index contributed by atoms with van der Waals surface area (Å²) >= 11 is 1.71. The summed E-state index contributed by atoms with van der Waals surface area (Å²) in [5.41, 5.74) is 2.12. The Morgan fingerprint density at radius 3 is 2.72 bits per heavy atom. The molecule has 1 fully saturated rings. The quantitative estimate of drug-likeness (QED) is 0.657. The summed E-state index contributed by atoms with van der Waals surface area (Å²) in [5.74, 6) is -0.0936. The Hall–Kier alpha value is -2.93. The largest absolute Gasteiger partial charge is 0.356 e. The van der Waals surface area contributed by atoms with Crippen LogP contribution in [0.15, 0.2) is 54.0 Å². The second-order valence-corrected chi connectivity index (χ2v) is 8.39. The van der Waals surface area contributed by atoms with Crippen molar-refractivity contribution in [1.82, 2.24) is 20.4 Å². The van der Waals surface area contributed by atoms with Gasteiger partial charge in [-0.3, -0.25) is 14.7 Å². The maximum atomic E-state index is 13.0. The number of carbonyl (C=O) groups excluding carboxylic acids is 2. The van der Waals surface area contributed by atoms with Crippen molar-refractivity contribution in [2.24, 2.45) is 5.41 Å². The van der Waals surface area contributed by atoms with Gasteiger partial charge in [-0.25, -0.2) is 0 Å². The van der Waals surface area contributed by atoms with Crippen molar-refractivity contribution >= 4 is 23.2 Å². The molecule has 150 valence electrons. The fourth-order valence-corrected chi connectivity index (χ4v) is 4.70. The van der Waals surface area contributed by atoms with Gasteiger partial charge in [0.1, 0.15) is 5.69 Å². The highest BCUT2D eigenvalue weighted by atomic mass is 32.1. The number of H-pyrrole nitrogens is 1. The van der Waals surface area contributed by atoms with Gasteiger partial charge in [-0.15, -0.1) is 11.3 Å². The Labute approximate surface area is 173 Å². The Kier molecular flexibility index (Phi) is 5.49. The summed E-state index contributed by atoms with van der Waals surface area (Å²) in [6, 6.07) is 14.2. The lowest BCUT2D eigenvalue weighted by Crippen LogP contribution is -2.45. The number of thiophene rings is 1. The number of nitrogens with zero attached hydrogens (tertiary/aromatic N) is 2. The van der Waals surface area contributed by atoms with E-state index in [0.29, 0.717) is 38.2 Å². The standard InChI is InChI=1S/C22H24N4O2S/c1-2-23-21(28)22(10-12-26(15-22)20(27)18-9-11-24-25-18)14-16-5-7-17(8-6-16)19-4-3-13-29-19/h3-9,11,13H,2,10,12,14-15H2,1H3,(H,23,28)(H,24,25). The monoisotopic (exact) mass is 408 g/mol. The third-order valence-corrected chi connectivity index (χ3v) is 6.41. The molecule has 2 amide bonds. The third kappa shape index (κ3) is 3.96. The summed E-state index contributed by atoms with van der Waals surface area (Å²) in [7, 11) is 0. The average molecular weight is 409 g/mol. The van der Waals surface area contributed by atoms with E-state index < -0.39 is 5.41 Å². The van der Waals surface area contributed by atoms with Gasteiger partial charge >= 0.3 is 0 Å². The molecule has 1 aliphatic rings. The summed E-state index contributed by atoms with van der Waals surface area (Å²) < 4.78 is 0. The van der Waals surface area contributed by atoms with Crippen LogP contribution in [-0.4, -0.2) is 46.5 Å². The second kappa shape index (κ2) is 8.21. The first-order chi connectivity index (χ1) is 14.1. The number of amides is 2. The molecule has 1 saturated heterocycles. The Balaban J connectivity index is 1.54. The van der Waals surface area contributed by atoms with Crippen LogP contribution >= 0.6 is 11.3 Å². The highest BCUT2D eigenvalue weighted by Gasteiger charge is 2.46. The summed E-state index contributed by atoms with van der Waals surface area (Å²) in [6.07, 6.45) is 2.82. The summed E-state index contributed by atoms with van der Waals surface area (Å²) in [4.78, 5) is 28.7. The first-order valence-corrected chi connectivity index (χ1v) is 10.7. The number of aromatic amines is 1. The smallest absolute Gasteiger partial charge is 0.271 e. The highest BCUT2D eigenvalue weighted by Crippen LogP contribution is 2.36. The van der Waals surface area contributed by atoms with E-state index >= 15 is 0 Å². The maximum absolute atomic E-state index is 13.0. The lowest BCUT2D eigenvalue weighted by atomic mass is 9.79. The van der Waals surface area contributed by atoms with E-state index in [0.717, 1.165) is 5.56 Å². The van der Waals surface area contributed by atoms with Gasteiger partial charge in [0.25, 0.3) is 5.91 Å². The first-order valence-electron chi connectivity index (χ1n) is 9.81. The predicted molar refractivity (Wildman–Crippen MR) is 114 cm³/mol. The van der Waals surface area contributed by atoms with E-state index in [4.69, 9.17) is 0 Å². The van der Waals surface area contributed by atoms with Crippen LogP contribution in [0.5, 0.6) is 0 Å². The number of likely N-dealkylation sites (tertiary alicyclic amines) is 1. The fourth-order valence-electron chi connectivity index (χ4n) is 3.97. The van der Waals surface area contributed by atoms with Crippen LogP contribution < -0.4 is 5.32 Å². The number of benzene rings is 1. The van der Waals surface area contributed by atoms with E-state index in [9.17, 15) is 9.59 Å². The van der Waals surface area contributed by atoms with E-state index in [-0.39, 0.29) is 11.8 Å². The molecule has 1 unspecified atom stereocenters. The zero-order valence-corrected chi connectivity index (χ0v) is 17.2. The summed E-state index contributed by atoms with van der Waals surface area (Å²) in [5, 5.41) is 11.6. The normalized spacial score (nSPS) is 18.7. The molecule has 29 heavy (non-hydrogen) atoms. The van der Waals surface area contributed by atoms with E-state index in [1.807, 2.05) is 13.0 Å². The van der Waals surface area contributed by atoms with Crippen LogP contribution in [0.1, 0.15) is 29.4 Å². The van der Waals surface area contributed by atoms with Gasteiger partial charge in [0.15, 0.2) is 0 Å². The van der Waals surface area contributed by atoms with Gasteiger partial charge in [0.2, 0.25) is 5.91 Å². The van der Waals surface area contributed by atoms with Crippen LogP contribution in [-0.2, 0) is 11.2 Å².